The second kappa shape index (κ2) is 8.94. The predicted molar refractivity (Wildman–Crippen MR) is 102 cm³/mol. The number of nitrogens with two attached hydrogens (primary N) is 2. The zero-order valence-electron chi connectivity index (χ0n) is 14.5. The topological polar surface area (TPSA) is 199 Å². The van der Waals surface area contributed by atoms with Crippen molar-refractivity contribution in [2.75, 3.05) is 23.7 Å². The molecule has 0 atom stereocenters. The number of rotatable bonds is 9. The van der Waals surface area contributed by atoms with Gasteiger partial charge in [0.25, 0.3) is 10.0 Å². The Kier molecular flexibility index (Phi) is 6.87. The van der Waals surface area contributed by atoms with Gasteiger partial charge in [0.05, 0.1) is 29.7 Å². The molecule has 0 bridgehead atoms. The van der Waals surface area contributed by atoms with Gasteiger partial charge in [0.1, 0.15) is 17.0 Å². The fourth-order valence-corrected chi connectivity index (χ4v) is 4.00. The molecule has 0 aliphatic carbocycles. The Morgan fingerprint density at radius 2 is 2.07 bits per heavy atom. The molecule has 0 aliphatic rings. The predicted octanol–water partition coefficient (Wildman–Crippen LogP) is -0.620. The number of carbonyl (C=O) groups is 2. The minimum atomic E-state index is -4.12. The zero-order valence-corrected chi connectivity index (χ0v) is 16.1. The molecule has 1 aromatic carbocycles. The standard InChI is InChI=1S/C14H18N6O6S2/c1-26-9-4-7(2-3-8(9)19-10(21)5-17-14(15)16)28(24,25)20-12-11(13(22)23)18-6-27-12/h2-4,6,14,17,20H,5,15-16H2,1H3,(H,19,21)(H,22,23). The van der Waals surface area contributed by atoms with Crippen LogP contribution in [0.4, 0.5) is 10.7 Å². The van der Waals surface area contributed by atoms with Gasteiger partial charge in [-0.15, -0.1) is 11.3 Å². The molecule has 152 valence electrons. The van der Waals surface area contributed by atoms with E-state index >= 15 is 0 Å². The molecule has 0 saturated carbocycles. The number of carboxylic acids is 1. The first-order chi connectivity index (χ1) is 13.1. The van der Waals surface area contributed by atoms with Crippen LogP contribution in [0.2, 0.25) is 0 Å². The van der Waals surface area contributed by atoms with Crippen molar-refractivity contribution < 1.29 is 27.9 Å². The number of aromatic nitrogens is 1. The van der Waals surface area contributed by atoms with Gasteiger partial charge in [-0.3, -0.25) is 14.8 Å². The molecule has 0 radical (unpaired) electrons. The minimum Gasteiger partial charge on any atom is -0.495 e. The Hall–Kier alpha value is -2.78. The molecule has 2 rings (SSSR count). The number of anilines is 2. The minimum absolute atomic E-state index is 0.0797. The van der Waals surface area contributed by atoms with E-state index in [-0.39, 0.29) is 27.9 Å². The molecule has 0 unspecified atom stereocenters. The maximum absolute atomic E-state index is 12.5. The highest BCUT2D eigenvalue weighted by Crippen LogP contribution is 2.30. The van der Waals surface area contributed by atoms with Crippen LogP contribution in [0.15, 0.2) is 28.6 Å². The number of hydrogen-bond acceptors (Lipinski definition) is 10. The van der Waals surface area contributed by atoms with Gasteiger partial charge >= 0.3 is 5.97 Å². The summed E-state index contributed by atoms with van der Waals surface area (Å²) >= 11 is 0.831. The molecule has 1 amide bonds. The molecule has 1 aromatic heterocycles. The van der Waals surface area contributed by atoms with E-state index in [1.165, 1.54) is 30.8 Å². The number of ether oxygens (including phenoxy) is 1. The van der Waals surface area contributed by atoms with Gasteiger partial charge in [-0.25, -0.2) is 18.2 Å². The number of carboxylic acid groups (broad SMARTS) is 1. The van der Waals surface area contributed by atoms with E-state index in [0.29, 0.717) is 0 Å². The number of methoxy groups -OCH3 is 1. The largest absolute Gasteiger partial charge is 0.495 e. The van der Waals surface area contributed by atoms with Gasteiger partial charge in [-0.2, -0.15) is 0 Å². The van der Waals surface area contributed by atoms with Crippen LogP contribution in [0.1, 0.15) is 10.5 Å². The molecule has 0 saturated heterocycles. The molecule has 1 heterocycles. The third-order valence-electron chi connectivity index (χ3n) is 3.25. The fourth-order valence-electron chi connectivity index (χ4n) is 2.00. The Balaban J connectivity index is 2.23. The second-order valence-corrected chi connectivity index (χ2v) is 7.79. The highest BCUT2D eigenvalue weighted by molar-refractivity contribution is 7.93. The molecule has 14 heteroatoms. The summed E-state index contributed by atoms with van der Waals surface area (Å²) in [6.45, 7) is -0.161. The number of sulfonamides is 1. The molecule has 28 heavy (non-hydrogen) atoms. The average molecular weight is 430 g/mol. The lowest BCUT2D eigenvalue weighted by molar-refractivity contribution is -0.115. The first-order valence-corrected chi connectivity index (χ1v) is 9.92. The lowest BCUT2D eigenvalue weighted by Gasteiger charge is -2.14. The number of hydrogen-bond donors (Lipinski definition) is 6. The van der Waals surface area contributed by atoms with Crippen LogP contribution >= 0.6 is 11.3 Å². The zero-order chi connectivity index (χ0) is 20.9. The molecule has 0 aliphatic heterocycles. The van der Waals surface area contributed by atoms with Crippen LogP contribution in [0.3, 0.4) is 0 Å². The first kappa shape index (κ1) is 21.5. The molecular weight excluding hydrogens is 412 g/mol. The number of amides is 1. The normalized spacial score (nSPS) is 11.3. The number of aromatic carboxylic acids is 1. The van der Waals surface area contributed by atoms with Crippen LogP contribution in [-0.4, -0.2) is 50.3 Å². The summed E-state index contributed by atoms with van der Waals surface area (Å²) in [6.07, 6.45) is -0.867. The summed E-state index contributed by atoms with van der Waals surface area (Å²) in [5.74, 6) is -1.75. The van der Waals surface area contributed by atoms with Gasteiger partial charge in [0.2, 0.25) is 5.91 Å². The molecule has 0 fully saturated rings. The summed E-state index contributed by atoms with van der Waals surface area (Å²) in [6, 6.07) is 3.74. The van der Waals surface area contributed by atoms with Gasteiger partial charge in [-0.1, -0.05) is 0 Å². The van der Waals surface area contributed by atoms with Gasteiger partial charge in [0, 0.05) is 6.07 Å². The third-order valence-corrected chi connectivity index (χ3v) is 5.47. The Labute approximate surface area is 163 Å². The molecular formula is C14H18N6O6S2. The Bertz CT molecular complexity index is 974. The monoisotopic (exact) mass is 430 g/mol. The van der Waals surface area contributed by atoms with E-state index < -0.39 is 33.9 Å². The number of nitrogens with zero attached hydrogens (tertiary/aromatic N) is 1. The van der Waals surface area contributed by atoms with Crippen LogP contribution < -0.4 is 31.6 Å². The summed E-state index contributed by atoms with van der Waals surface area (Å²) in [5.41, 5.74) is 11.6. The molecule has 8 N–H and O–H groups in total. The maximum atomic E-state index is 12.5. The van der Waals surface area contributed by atoms with Crippen molar-refractivity contribution in [3.8, 4) is 5.75 Å². The van der Waals surface area contributed by atoms with Crippen molar-refractivity contribution in [2.24, 2.45) is 11.5 Å². The van der Waals surface area contributed by atoms with E-state index in [2.05, 4.69) is 20.3 Å². The van der Waals surface area contributed by atoms with Crippen molar-refractivity contribution in [2.45, 2.75) is 11.2 Å². The van der Waals surface area contributed by atoms with Gasteiger partial charge in [-0.05, 0) is 12.1 Å². The molecule has 2 aromatic rings. The average Bonchev–Trinajstić information content (AvgIpc) is 3.07. The van der Waals surface area contributed by atoms with Crippen molar-refractivity contribution >= 4 is 43.9 Å². The summed E-state index contributed by atoms with van der Waals surface area (Å²) in [7, 11) is -2.82. The third kappa shape index (κ3) is 5.37. The lowest BCUT2D eigenvalue weighted by Crippen LogP contribution is -2.48. The summed E-state index contributed by atoms with van der Waals surface area (Å²) in [5, 5.41) is 13.9. The number of thiazole rings is 1. The van der Waals surface area contributed by atoms with Crippen LogP contribution in [0, 0.1) is 0 Å². The van der Waals surface area contributed by atoms with E-state index in [1.807, 2.05) is 0 Å². The van der Waals surface area contributed by atoms with Crippen molar-refractivity contribution in [1.29, 1.82) is 0 Å². The smallest absolute Gasteiger partial charge is 0.357 e. The van der Waals surface area contributed by atoms with E-state index in [9.17, 15) is 18.0 Å². The molecule has 12 nitrogen and oxygen atoms in total. The fraction of sp³-hybridized carbons (Fsp3) is 0.214. The number of benzene rings is 1. The van der Waals surface area contributed by atoms with E-state index in [0.717, 1.165) is 11.3 Å². The lowest BCUT2D eigenvalue weighted by atomic mass is 10.3. The van der Waals surface area contributed by atoms with Gasteiger partial charge in [0.15, 0.2) is 5.69 Å². The van der Waals surface area contributed by atoms with E-state index in [1.54, 1.807) is 0 Å². The van der Waals surface area contributed by atoms with Crippen molar-refractivity contribution in [1.82, 2.24) is 10.3 Å². The van der Waals surface area contributed by atoms with Gasteiger partial charge < -0.3 is 26.6 Å². The van der Waals surface area contributed by atoms with Crippen LogP contribution in [-0.2, 0) is 14.8 Å². The second-order valence-electron chi connectivity index (χ2n) is 5.26. The Morgan fingerprint density at radius 1 is 1.36 bits per heavy atom. The Morgan fingerprint density at radius 3 is 2.68 bits per heavy atom. The highest BCUT2D eigenvalue weighted by atomic mass is 32.2. The van der Waals surface area contributed by atoms with E-state index in [4.69, 9.17) is 21.3 Å². The number of nitrogens with one attached hydrogen (secondary N) is 3. The van der Waals surface area contributed by atoms with Crippen LogP contribution in [0.25, 0.3) is 0 Å². The summed E-state index contributed by atoms with van der Waals surface area (Å²) < 4.78 is 32.4. The summed E-state index contributed by atoms with van der Waals surface area (Å²) in [4.78, 5) is 26.3. The maximum Gasteiger partial charge on any atom is 0.357 e. The van der Waals surface area contributed by atoms with Crippen molar-refractivity contribution in [3.05, 3.63) is 29.4 Å². The number of carbonyl (C=O) groups excluding carboxylic acids is 1. The van der Waals surface area contributed by atoms with Crippen molar-refractivity contribution in [3.63, 3.8) is 0 Å². The quantitative estimate of drug-likeness (QED) is 0.279. The highest BCUT2D eigenvalue weighted by Gasteiger charge is 2.22. The van der Waals surface area contributed by atoms with Crippen LogP contribution in [0.5, 0.6) is 5.75 Å². The SMILES string of the molecule is COc1cc(S(=O)(=O)Nc2scnc2C(=O)O)ccc1NC(=O)CNC(N)N. The first-order valence-electron chi connectivity index (χ1n) is 7.56. The molecule has 0 spiro atoms.